The van der Waals surface area contributed by atoms with Crippen molar-refractivity contribution in [1.29, 1.82) is 0 Å². The second-order valence-corrected chi connectivity index (χ2v) is 7.87. The fourth-order valence-corrected chi connectivity index (χ4v) is 3.99. The molecule has 1 aliphatic heterocycles. The van der Waals surface area contributed by atoms with Gasteiger partial charge in [-0.15, -0.1) is 0 Å². The van der Waals surface area contributed by atoms with Crippen LogP contribution in [0.4, 0.5) is 0 Å². The Hall–Kier alpha value is -3.92. The molecule has 1 aliphatic rings. The monoisotopic (exact) mass is 463 g/mol. The van der Waals surface area contributed by atoms with Gasteiger partial charge in [0, 0.05) is 37.7 Å². The van der Waals surface area contributed by atoms with Gasteiger partial charge in [-0.25, -0.2) is 4.98 Å². The molecule has 3 heterocycles. The van der Waals surface area contributed by atoms with Crippen molar-refractivity contribution in [3.8, 4) is 34.3 Å². The summed E-state index contributed by atoms with van der Waals surface area (Å²) in [5.41, 5.74) is 3.20. The average molecular weight is 463 g/mol. The fraction of sp³-hybridized carbons (Fsp3) is 0.333. The third-order valence-electron chi connectivity index (χ3n) is 5.87. The van der Waals surface area contributed by atoms with Crippen LogP contribution in [0.2, 0.25) is 0 Å². The number of rotatable bonds is 7. The summed E-state index contributed by atoms with van der Waals surface area (Å²) in [6.07, 6.45) is 2.18. The molecule has 0 radical (unpaired) electrons. The van der Waals surface area contributed by atoms with Crippen molar-refractivity contribution in [2.24, 2.45) is 0 Å². The molecule has 34 heavy (non-hydrogen) atoms. The van der Waals surface area contributed by atoms with Crippen LogP contribution in [-0.2, 0) is 16.1 Å². The van der Waals surface area contributed by atoms with Crippen molar-refractivity contribution < 1.29 is 23.5 Å². The first kappa shape index (κ1) is 21.9. The van der Waals surface area contributed by atoms with E-state index in [0.29, 0.717) is 68.0 Å². The van der Waals surface area contributed by atoms with Gasteiger partial charge in [0.2, 0.25) is 11.7 Å². The molecule has 1 fully saturated rings. The number of aromatic nitrogens is 4. The Kier molecular flexibility index (Phi) is 6.13. The lowest BCUT2D eigenvalue weighted by molar-refractivity contribution is -0.135. The number of methoxy groups -OCH3 is 2. The van der Waals surface area contributed by atoms with E-state index in [4.69, 9.17) is 18.7 Å². The first-order valence-corrected chi connectivity index (χ1v) is 11.0. The summed E-state index contributed by atoms with van der Waals surface area (Å²) < 4.78 is 23.5. The van der Waals surface area contributed by atoms with E-state index in [0.717, 1.165) is 16.6 Å². The number of amides is 1. The lowest BCUT2D eigenvalue weighted by Gasteiger charge is -2.26. The minimum Gasteiger partial charge on any atom is -0.497 e. The number of benzene rings is 2. The second-order valence-electron chi connectivity index (χ2n) is 7.87. The summed E-state index contributed by atoms with van der Waals surface area (Å²) in [6, 6.07) is 11.2. The Labute approximate surface area is 196 Å². The summed E-state index contributed by atoms with van der Waals surface area (Å²) in [6.45, 7) is 3.08. The SMILES string of the molecule is COc1ccc(-c2nc(-c3ccc4c(c3)ncn4CCC(=O)N3CCOCC3)no2)c(OC)c1. The number of hydrogen-bond donors (Lipinski definition) is 0. The van der Waals surface area contributed by atoms with E-state index in [2.05, 4.69) is 15.1 Å². The quantitative estimate of drug-likeness (QED) is 0.412. The largest absolute Gasteiger partial charge is 0.497 e. The Morgan fingerprint density at radius 3 is 2.74 bits per heavy atom. The number of morpholine rings is 1. The smallest absolute Gasteiger partial charge is 0.262 e. The molecule has 0 atom stereocenters. The number of nitrogens with zero attached hydrogens (tertiary/aromatic N) is 5. The van der Waals surface area contributed by atoms with Gasteiger partial charge in [-0.05, 0) is 30.3 Å². The van der Waals surface area contributed by atoms with Crippen LogP contribution >= 0.6 is 0 Å². The van der Waals surface area contributed by atoms with E-state index in [9.17, 15) is 4.79 Å². The van der Waals surface area contributed by atoms with Gasteiger partial charge in [-0.1, -0.05) is 5.16 Å². The summed E-state index contributed by atoms with van der Waals surface area (Å²) in [5.74, 6) is 2.19. The van der Waals surface area contributed by atoms with Crippen LogP contribution in [0, 0.1) is 0 Å². The molecular weight excluding hydrogens is 438 g/mol. The summed E-state index contributed by atoms with van der Waals surface area (Å²) >= 11 is 0. The zero-order chi connectivity index (χ0) is 23.5. The van der Waals surface area contributed by atoms with E-state index in [-0.39, 0.29) is 5.91 Å². The lowest BCUT2D eigenvalue weighted by atomic mass is 10.1. The minimum absolute atomic E-state index is 0.134. The third kappa shape index (κ3) is 4.32. The molecule has 10 nitrogen and oxygen atoms in total. The van der Waals surface area contributed by atoms with Crippen molar-refractivity contribution in [2.45, 2.75) is 13.0 Å². The zero-order valence-corrected chi connectivity index (χ0v) is 19.1. The standard InChI is InChI=1S/C24H25N5O5/c1-31-17-4-5-18(21(14-17)32-2)24-26-23(27-34-24)16-3-6-20-19(13-16)25-15-29(20)8-7-22(30)28-9-11-33-12-10-28/h3-6,13-15H,7-12H2,1-2H3. The molecule has 2 aromatic carbocycles. The molecule has 2 aromatic heterocycles. The lowest BCUT2D eigenvalue weighted by Crippen LogP contribution is -2.40. The number of carbonyl (C=O) groups excluding carboxylic acids is 1. The molecule has 10 heteroatoms. The molecule has 0 N–H and O–H groups in total. The number of carbonyl (C=O) groups is 1. The first-order chi connectivity index (χ1) is 16.7. The van der Waals surface area contributed by atoms with Crippen LogP contribution < -0.4 is 9.47 Å². The summed E-state index contributed by atoms with van der Waals surface area (Å²) in [4.78, 5) is 23.4. The molecule has 4 aromatic rings. The van der Waals surface area contributed by atoms with Crippen LogP contribution in [0.5, 0.6) is 11.5 Å². The van der Waals surface area contributed by atoms with Gasteiger partial charge in [-0.2, -0.15) is 4.98 Å². The van der Waals surface area contributed by atoms with Gasteiger partial charge < -0.3 is 28.2 Å². The van der Waals surface area contributed by atoms with E-state index >= 15 is 0 Å². The van der Waals surface area contributed by atoms with Crippen LogP contribution in [0.15, 0.2) is 47.2 Å². The van der Waals surface area contributed by atoms with Crippen LogP contribution in [0.1, 0.15) is 6.42 Å². The third-order valence-corrected chi connectivity index (χ3v) is 5.87. The van der Waals surface area contributed by atoms with E-state index in [1.54, 1.807) is 26.6 Å². The highest BCUT2D eigenvalue weighted by Crippen LogP contribution is 2.33. The van der Waals surface area contributed by atoms with E-state index < -0.39 is 0 Å². The van der Waals surface area contributed by atoms with Crippen molar-refractivity contribution >= 4 is 16.9 Å². The van der Waals surface area contributed by atoms with Crippen LogP contribution in [-0.4, -0.2) is 71.0 Å². The molecule has 0 aliphatic carbocycles. The average Bonchev–Trinajstić information content (AvgIpc) is 3.54. The second kappa shape index (κ2) is 9.52. The highest BCUT2D eigenvalue weighted by atomic mass is 16.5. The number of imidazole rings is 1. The van der Waals surface area contributed by atoms with Gasteiger partial charge in [0.1, 0.15) is 11.5 Å². The van der Waals surface area contributed by atoms with Crippen molar-refractivity contribution in [2.75, 3.05) is 40.5 Å². The predicted molar refractivity (Wildman–Crippen MR) is 124 cm³/mol. The topological polar surface area (TPSA) is 105 Å². The van der Waals surface area contributed by atoms with Gasteiger partial charge in [0.25, 0.3) is 5.89 Å². The molecule has 0 bridgehead atoms. The van der Waals surface area contributed by atoms with Gasteiger partial charge in [-0.3, -0.25) is 4.79 Å². The zero-order valence-electron chi connectivity index (χ0n) is 19.1. The molecule has 5 rings (SSSR count). The molecule has 1 saturated heterocycles. The summed E-state index contributed by atoms with van der Waals surface area (Å²) in [5, 5.41) is 4.14. The van der Waals surface area contributed by atoms with E-state index in [1.807, 2.05) is 39.8 Å². The highest BCUT2D eigenvalue weighted by Gasteiger charge is 2.18. The van der Waals surface area contributed by atoms with Crippen LogP contribution in [0.3, 0.4) is 0 Å². The number of hydrogen-bond acceptors (Lipinski definition) is 8. The first-order valence-electron chi connectivity index (χ1n) is 11.0. The van der Waals surface area contributed by atoms with Gasteiger partial charge in [0.05, 0.1) is 50.4 Å². The summed E-state index contributed by atoms with van der Waals surface area (Å²) in [7, 11) is 3.17. The molecule has 1 amide bonds. The number of ether oxygens (including phenoxy) is 3. The molecular formula is C24H25N5O5. The maximum atomic E-state index is 12.5. The van der Waals surface area contributed by atoms with Crippen molar-refractivity contribution in [3.63, 3.8) is 0 Å². The fourth-order valence-electron chi connectivity index (χ4n) is 3.99. The predicted octanol–water partition coefficient (Wildman–Crippen LogP) is 3.02. The van der Waals surface area contributed by atoms with E-state index in [1.165, 1.54) is 0 Å². The Bertz CT molecular complexity index is 1310. The molecule has 0 spiro atoms. The van der Waals surface area contributed by atoms with Gasteiger partial charge in [0.15, 0.2) is 0 Å². The number of aryl methyl sites for hydroxylation is 1. The number of fused-ring (bicyclic) bond motifs is 1. The van der Waals surface area contributed by atoms with Crippen molar-refractivity contribution in [1.82, 2.24) is 24.6 Å². The Balaban J connectivity index is 1.33. The minimum atomic E-state index is 0.134. The normalized spacial score (nSPS) is 13.9. The van der Waals surface area contributed by atoms with Gasteiger partial charge >= 0.3 is 0 Å². The maximum absolute atomic E-state index is 12.5. The molecule has 176 valence electrons. The molecule has 0 saturated carbocycles. The Morgan fingerprint density at radius 2 is 1.94 bits per heavy atom. The molecule has 0 unspecified atom stereocenters. The highest BCUT2D eigenvalue weighted by molar-refractivity contribution is 5.81. The van der Waals surface area contributed by atoms with Crippen molar-refractivity contribution in [3.05, 3.63) is 42.7 Å². The van der Waals surface area contributed by atoms with Crippen LogP contribution in [0.25, 0.3) is 33.9 Å². The maximum Gasteiger partial charge on any atom is 0.262 e. The Morgan fingerprint density at radius 1 is 1.09 bits per heavy atom.